The minimum Gasteiger partial charge on any atom is -0.481 e. The summed E-state index contributed by atoms with van der Waals surface area (Å²) in [5, 5.41) is 9.40. The van der Waals surface area contributed by atoms with Crippen LogP contribution in [0.5, 0.6) is 0 Å². The quantitative estimate of drug-likeness (QED) is 0.904. The Morgan fingerprint density at radius 3 is 3.12 bits per heavy atom. The molecule has 3 nitrogen and oxygen atoms in total. The van der Waals surface area contributed by atoms with Gasteiger partial charge in [0.25, 0.3) is 0 Å². The zero-order valence-corrected chi connectivity index (χ0v) is 10.2. The van der Waals surface area contributed by atoms with Crippen molar-refractivity contribution in [2.75, 3.05) is 23.7 Å². The molecule has 2 rings (SSSR count). The second kappa shape index (κ2) is 4.97. The van der Waals surface area contributed by atoms with Crippen LogP contribution < -0.4 is 4.90 Å². The van der Waals surface area contributed by atoms with E-state index in [0.29, 0.717) is 11.6 Å². The van der Waals surface area contributed by atoms with Crippen LogP contribution >= 0.6 is 23.4 Å². The summed E-state index contributed by atoms with van der Waals surface area (Å²) < 4.78 is 0. The topological polar surface area (TPSA) is 40.5 Å². The number of para-hydroxylation sites is 1. The molecule has 1 aromatic rings. The number of aliphatic carboxylic acids is 1. The number of benzene rings is 1. The van der Waals surface area contributed by atoms with Crippen LogP contribution in [0.2, 0.25) is 5.02 Å². The van der Waals surface area contributed by atoms with Crippen LogP contribution in [0.4, 0.5) is 5.69 Å². The summed E-state index contributed by atoms with van der Waals surface area (Å²) in [5.41, 5.74) is 0.988. The lowest BCUT2D eigenvalue weighted by atomic mass is 10.2. The summed E-state index contributed by atoms with van der Waals surface area (Å²) in [6.07, 6.45) is 0.148. The number of thioether (sulfide) groups is 1. The first-order chi connectivity index (χ1) is 7.68. The minimum atomic E-state index is -0.771. The summed E-state index contributed by atoms with van der Waals surface area (Å²) >= 11 is 7.92. The summed E-state index contributed by atoms with van der Waals surface area (Å²) in [6, 6.07) is 5.80. The van der Waals surface area contributed by atoms with E-state index >= 15 is 0 Å². The number of rotatable bonds is 3. The maximum absolute atomic E-state index is 10.6. The van der Waals surface area contributed by atoms with Crippen molar-refractivity contribution in [2.45, 2.75) is 11.3 Å². The molecule has 0 spiro atoms. The predicted octanol–water partition coefficient (Wildman–Crippen LogP) is 2.73. The summed E-state index contributed by atoms with van der Waals surface area (Å²) in [6.45, 7) is 1.38. The molecule has 0 aliphatic carbocycles. The van der Waals surface area contributed by atoms with Crippen molar-refractivity contribution in [1.29, 1.82) is 0 Å². The van der Waals surface area contributed by atoms with Crippen LogP contribution in [0.1, 0.15) is 6.42 Å². The summed E-state index contributed by atoms with van der Waals surface area (Å²) in [7, 11) is 0. The van der Waals surface area contributed by atoms with Crippen molar-refractivity contribution < 1.29 is 9.90 Å². The molecule has 0 fully saturated rings. The fourth-order valence-electron chi connectivity index (χ4n) is 1.75. The lowest BCUT2D eigenvalue weighted by Gasteiger charge is -2.31. The van der Waals surface area contributed by atoms with Crippen LogP contribution in [-0.2, 0) is 4.79 Å². The van der Waals surface area contributed by atoms with Gasteiger partial charge >= 0.3 is 5.97 Å². The molecule has 0 saturated carbocycles. The summed E-state index contributed by atoms with van der Waals surface area (Å²) in [4.78, 5) is 13.8. The van der Waals surface area contributed by atoms with Crippen molar-refractivity contribution in [3.8, 4) is 0 Å². The van der Waals surface area contributed by atoms with Gasteiger partial charge in [0.1, 0.15) is 0 Å². The monoisotopic (exact) mass is 257 g/mol. The van der Waals surface area contributed by atoms with Gasteiger partial charge in [0.2, 0.25) is 0 Å². The van der Waals surface area contributed by atoms with Crippen LogP contribution in [0.3, 0.4) is 0 Å². The fraction of sp³-hybridized carbons (Fsp3) is 0.364. The third kappa shape index (κ3) is 2.44. The van der Waals surface area contributed by atoms with Crippen LogP contribution in [0.25, 0.3) is 0 Å². The molecular formula is C11H12ClNO2S. The van der Waals surface area contributed by atoms with E-state index in [2.05, 4.69) is 4.90 Å². The van der Waals surface area contributed by atoms with Gasteiger partial charge in [0.05, 0.1) is 17.1 Å². The first-order valence-corrected chi connectivity index (χ1v) is 6.43. The molecule has 86 valence electrons. The lowest BCUT2D eigenvalue weighted by Crippen LogP contribution is -2.31. The van der Waals surface area contributed by atoms with Crippen molar-refractivity contribution in [3.05, 3.63) is 23.2 Å². The van der Waals surface area contributed by atoms with Crippen LogP contribution in [0.15, 0.2) is 23.1 Å². The number of hydrogen-bond donors (Lipinski definition) is 1. The number of carboxylic acid groups (broad SMARTS) is 1. The minimum absolute atomic E-state index is 0.148. The highest BCUT2D eigenvalue weighted by Crippen LogP contribution is 2.39. The number of nitrogens with zero attached hydrogens (tertiary/aromatic N) is 1. The standard InChI is InChI=1S/C11H12ClNO2S/c12-8-2-1-3-9-11(8)13(6-7-16-9)5-4-10(14)15/h1-3H,4-7H2,(H,14,15). The third-order valence-electron chi connectivity index (χ3n) is 2.48. The number of carbonyl (C=O) groups is 1. The van der Waals surface area contributed by atoms with Gasteiger partial charge in [-0.2, -0.15) is 0 Å². The molecule has 0 amide bonds. The Hall–Kier alpha value is -0.870. The van der Waals surface area contributed by atoms with E-state index in [1.54, 1.807) is 11.8 Å². The van der Waals surface area contributed by atoms with Crippen molar-refractivity contribution in [3.63, 3.8) is 0 Å². The van der Waals surface area contributed by atoms with E-state index < -0.39 is 5.97 Å². The Morgan fingerprint density at radius 1 is 1.56 bits per heavy atom. The molecule has 1 N–H and O–H groups in total. The predicted molar refractivity (Wildman–Crippen MR) is 66.6 cm³/mol. The molecule has 1 aromatic carbocycles. The molecule has 0 radical (unpaired) electrons. The highest BCUT2D eigenvalue weighted by Gasteiger charge is 2.20. The van der Waals surface area contributed by atoms with Crippen LogP contribution in [0, 0.1) is 0 Å². The molecule has 1 aliphatic rings. The smallest absolute Gasteiger partial charge is 0.305 e. The molecule has 5 heteroatoms. The van der Waals surface area contributed by atoms with E-state index in [9.17, 15) is 4.79 Å². The second-order valence-electron chi connectivity index (χ2n) is 3.57. The van der Waals surface area contributed by atoms with Gasteiger partial charge in [-0.1, -0.05) is 17.7 Å². The van der Waals surface area contributed by atoms with Gasteiger partial charge in [0, 0.05) is 23.7 Å². The van der Waals surface area contributed by atoms with E-state index in [-0.39, 0.29) is 6.42 Å². The van der Waals surface area contributed by atoms with Crippen molar-refractivity contribution in [2.24, 2.45) is 0 Å². The Kier molecular flexibility index (Phi) is 3.61. The Bertz CT molecular complexity index is 411. The molecule has 0 bridgehead atoms. The van der Waals surface area contributed by atoms with E-state index in [4.69, 9.17) is 16.7 Å². The lowest BCUT2D eigenvalue weighted by molar-refractivity contribution is -0.136. The molecule has 0 aromatic heterocycles. The zero-order valence-electron chi connectivity index (χ0n) is 8.65. The maximum atomic E-state index is 10.6. The molecule has 0 unspecified atom stereocenters. The number of carboxylic acids is 1. The normalized spacial score (nSPS) is 14.7. The SMILES string of the molecule is O=C(O)CCN1CCSc2cccc(Cl)c21. The van der Waals surface area contributed by atoms with Gasteiger partial charge in [-0.25, -0.2) is 0 Å². The Balaban J connectivity index is 2.21. The first-order valence-electron chi connectivity index (χ1n) is 5.06. The first kappa shape index (κ1) is 11.6. The molecule has 0 atom stereocenters. The average Bonchev–Trinajstić information content (AvgIpc) is 2.26. The van der Waals surface area contributed by atoms with Crippen molar-refractivity contribution >= 4 is 35.0 Å². The average molecular weight is 258 g/mol. The molecule has 0 saturated heterocycles. The van der Waals surface area contributed by atoms with Gasteiger partial charge in [-0.3, -0.25) is 4.79 Å². The number of anilines is 1. The third-order valence-corrected chi connectivity index (χ3v) is 3.81. The zero-order chi connectivity index (χ0) is 11.5. The fourth-order valence-corrected chi connectivity index (χ4v) is 3.18. The van der Waals surface area contributed by atoms with Gasteiger partial charge in [-0.05, 0) is 12.1 Å². The largest absolute Gasteiger partial charge is 0.481 e. The Labute approximate surface area is 103 Å². The number of fused-ring (bicyclic) bond motifs is 1. The van der Waals surface area contributed by atoms with Crippen molar-refractivity contribution in [1.82, 2.24) is 0 Å². The molecule has 16 heavy (non-hydrogen) atoms. The maximum Gasteiger partial charge on any atom is 0.305 e. The molecular weight excluding hydrogens is 246 g/mol. The highest BCUT2D eigenvalue weighted by atomic mass is 35.5. The summed E-state index contributed by atoms with van der Waals surface area (Å²) in [5.74, 6) is 0.208. The number of hydrogen-bond acceptors (Lipinski definition) is 3. The van der Waals surface area contributed by atoms with Gasteiger partial charge in [0.15, 0.2) is 0 Å². The van der Waals surface area contributed by atoms with Crippen LogP contribution in [-0.4, -0.2) is 29.9 Å². The Morgan fingerprint density at radius 2 is 2.38 bits per heavy atom. The molecule has 1 heterocycles. The van der Waals surface area contributed by atoms with E-state index in [1.165, 1.54) is 0 Å². The van der Waals surface area contributed by atoms with E-state index in [0.717, 1.165) is 22.9 Å². The van der Waals surface area contributed by atoms with Gasteiger partial charge < -0.3 is 10.0 Å². The van der Waals surface area contributed by atoms with Gasteiger partial charge in [-0.15, -0.1) is 11.8 Å². The highest BCUT2D eigenvalue weighted by molar-refractivity contribution is 7.99. The van der Waals surface area contributed by atoms with E-state index in [1.807, 2.05) is 18.2 Å². The molecule has 1 aliphatic heterocycles. The second-order valence-corrected chi connectivity index (χ2v) is 5.11. The number of halogens is 1.